The fraction of sp³-hybridized carbons (Fsp3) is 0.692. The van der Waals surface area contributed by atoms with Crippen molar-refractivity contribution in [1.82, 2.24) is 9.88 Å². The van der Waals surface area contributed by atoms with Gasteiger partial charge in [-0.3, -0.25) is 0 Å². The number of hydrogen-bond acceptors (Lipinski definition) is 5. The number of likely N-dealkylation sites (tertiary alicyclic amines) is 1. The molecule has 0 saturated carbocycles. The topological polar surface area (TPSA) is 78.6 Å². The summed E-state index contributed by atoms with van der Waals surface area (Å²) in [5.41, 5.74) is -0.0628. The summed E-state index contributed by atoms with van der Waals surface area (Å²) in [5, 5.41) is 11.7. The van der Waals surface area contributed by atoms with E-state index in [-0.39, 0.29) is 11.7 Å². The zero-order valence-corrected chi connectivity index (χ0v) is 11.3. The van der Waals surface area contributed by atoms with E-state index >= 15 is 0 Å². The van der Waals surface area contributed by atoms with Crippen molar-refractivity contribution < 1.29 is 14.3 Å². The number of rotatable bonds is 6. The molecule has 1 atom stereocenters. The molecule has 0 amide bonds. The highest BCUT2D eigenvalue weighted by molar-refractivity contribution is 5.85. The summed E-state index contributed by atoms with van der Waals surface area (Å²) >= 11 is 0. The summed E-state index contributed by atoms with van der Waals surface area (Å²) in [5.74, 6) is -1.07. The number of nitrogens with zero attached hydrogens (tertiary/aromatic N) is 2. The molecule has 2 rings (SSSR count). The van der Waals surface area contributed by atoms with Gasteiger partial charge in [0.25, 0.3) is 6.01 Å². The number of piperidine rings is 1. The Morgan fingerprint density at radius 1 is 1.63 bits per heavy atom. The Balaban J connectivity index is 1.67. The third kappa shape index (κ3) is 3.96. The summed E-state index contributed by atoms with van der Waals surface area (Å²) in [4.78, 5) is 17.0. The first-order valence-corrected chi connectivity index (χ1v) is 6.83. The Kier molecular flexibility index (Phi) is 4.79. The third-order valence-electron chi connectivity index (χ3n) is 3.56. The summed E-state index contributed by atoms with van der Waals surface area (Å²) in [6.07, 6.45) is 6.06. The standard InChI is InChI=1S/C13H21N3O3/c1-10-5-2-3-7-16(10)8-4-6-14-13-15-11(9-19-13)12(17)18/h9-10H,2-8H2,1H3,(H,14,15)(H,17,18). The van der Waals surface area contributed by atoms with Gasteiger partial charge >= 0.3 is 5.97 Å². The average Bonchev–Trinajstić information content (AvgIpc) is 2.85. The highest BCUT2D eigenvalue weighted by Crippen LogP contribution is 2.16. The number of aromatic nitrogens is 1. The predicted octanol–water partition coefficient (Wildman–Crippen LogP) is 2.05. The molecule has 0 aliphatic carbocycles. The quantitative estimate of drug-likeness (QED) is 0.768. The summed E-state index contributed by atoms with van der Waals surface area (Å²) in [6, 6.07) is 0.957. The van der Waals surface area contributed by atoms with Crippen LogP contribution in [-0.4, -0.2) is 46.6 Å². The second kappa shape index (κ2) is 6.56. The van der Waals surface area contributed by atoms with Crippen molar-refractivity contribution in [2.24, 2.45) is 0 Å². The second-order valence-electron chi connectivity index (χ2n) is 5.00. The van der Waals surface area contributed by atoms with Crippen LogP contribution in [0.5, 0.6) is 0 Å². The fourth-order valence-electron chi connectivity index (χ4n) is 2.42. The first-order chi connectivity index (χ1) is 9.16. The zero-order valence-electron chi connectivity index (χ0n) is 11.3. The number of oxazole rings is 1. The Labute approximate surface area is 112 Å². The van der Waals surface area contributed by atoms with Crippen molar-refractivity contribution in [1.29, 1.82) is 0 Å². The SMILES string of the molecule is CC1CCCCN1CCCNc1nc(C(=O)O)co1. The molecule has 0 spiro atoms. The maximum absolute atomic E-state index is 10.6. The molecule has 1 aromatic rings. The van der Waals surface area contributed by atoms with E-state index < -0.39 is 5.97 Å². The number of aromatic carboxylic acids is 1. The highest BCUT2D eigenvalue weighted by atomic mass is 16.4. The second-order valence-corrected chi connectivity index (χ2v) is 5.00. The normalized spacial score (nSPS) is 20.4. The zero-order chi connectivity index (χ0) is 13.7. The van der Waals surface area contributed by atoms with Crippen LogP contribution in [0.4, 0.5) is 6.01 Å². The minimum absolute atomic E-state index is 0.0628. The lowest BCUT2D eigenvalue weighted by Gasteiger charge is -2.33. The average molecular weight is 267 g/mol. The molecule has 1 fully saturated rings. The molecule has 19 heavy (non-hydrogen) atoms. The first kappa shape index (κ1) is 13.9. The fourth-order valence-corrected chi connectivity index (χ4v) is 2.42. The van der Waals surface area contributed by atoms with E-state index in [4.69, 9.17) is 9.52 Å². The van der Waals surface area contributed by atoms with Crippen LogP contribution in [0.2, 0.25) is 0 Å². The third-order valence-corrected chi connectivity index (χ3v) is 3.56. The molecule has 0 bridgehead atoms. The molecule has 1 aliphatic rings. The Bertz CT molecular complexity index is 419. The lowest BCUT2D eigenvalue weighted by atomic mass is 10.0. The van der Waals surface area contributed by atoms with Gasteiger partial charge in [-0.25, -0.2) is 4.79 Å². The van der Waals surface area contributed by atoms with Gasteiger partial charge in [0.05, 0.1) is 0 Å². The minimum Gasteiger partial charge on any atom is -0.476 e. The van der Waals surface area contributed by atoms with Crippen LogP contribution in [0, 0.1) is 0 Å². The van der Waals surface area contributed by atoms with Crippen molar-refractivity contribution >= 4 is 12.0 Å². The van der Waals surface area contributed by atoms with Gasteiger partial charge in [0.15, 0.2) is 5.69 Å². The van der Waals surface area contributed by atoms with Crippen molar-refractivity contribution in [2.75, 3.05) is 25.0 Å². The number of nitrogens with one attached hydrogen (secondary N) is 1. The number of carboxylic acids is 1. The van der Waals surface area contributed by atoms with Crippen LogP contribution in [0.3, 0.4) is 0 Å². The van der Waals surface area contributed by atoms with Crippen LogP contribution in [-0.2, 0) is 0 Å². The van der Waals surface area contributed by atoms with Crippen LogP contribution in [0.25, 0.3) is 0 Å². The summed E-state index contributed by atoms with van der Waals surface area (Å²) < 4.78 is 5.02. The van der Waals surface area contributed by atoms with Gasteiger partial charge in [0.2, 0.25) is 0 Å². The predicted molar refractivity (Wildman–Crippen MR) is 71.5 cm³/mol. The van der Waals surface area contributed by atoms with Gasteiger partial charge in [-0.1, -0.05) is 6.42 Å². The minimum atomic E-state index is -1.07. The molecule has 2 heterocycles. The molecule has 0 aromatic carbocycles. The number of anilines is 1. The van der Waals surface area contributed by atoms with Gasteiger partial charge < -0.3 is 19.7 Å². The summed E-state index contributed by atoms with van der Waals surface area (Å²) in [7, 11) is 0. The number of carbonyl (C=O) groups is 1. The number of hydrogen-bond donors (Lipinski definition) is 2. The van der Waals surface area contributed by atoms with Gasteiger partial charge in [-0.2, -0.15) is 4.98 Å². The molecule has 6 heteroatoms. The Morgan fingerprint density at radius 2 is 2.47 bits per heavy atom. The Hall–Kier alpha value is -1.56. The molecular weight excluding hydrogens is 246 g/mol. The Morgan fingerprint density at radius 3 is 3.16 bits per heavy atom. The lowest BCUT2D eigenvalue weighted by Crippen LogP contribution is -2.38. The summed E-state index contributed by atoms with van der Waals surface area (Å²) in [6.45, 7) is 5.26. The van der Waals surface area contributed by atoms with E-state index in [1.54, 1.807) is 0 Å². The lowest BCUT2D eigenvalue weighted by molar-refractivity contribution is 0.0690. The van der Waals surface area contributed by atoms with E-state index in [1.165, 1.54) is 25.8 Å². The molecule has 0 radical (unpaired) electrons. The van der Waals surface area contributed by atoms with E-state index in [9.17, 15) is 4.79 Å². The first-order valence-electron chi connectivity index (χ1n) is 6.83. The smallest absolute Gasteiger partial charge is 0.357 e. The molecule has 1 saturated heterocycles. The van der Waals surface area contributed by atoms with E-state index in [1.807, 2.05) is 0 Å². The van der Waals surface area contributed by atoms with E-state index in [0.717, 1.165) is 25.8 Å². The van der Waals surface area contributed by atoms with Gasteiger partial charge in [0, 0.05) is 19.1 Å². The van der Waals surface area contributed by atoms with Gasteiger partial charge in [-0.15, -0.1) is 0 Å². The van der Waals surface area contributed by atoms with Crippen molar-refractivity contribution in [3.63, 3.8) is 0 Å². The van der Waals surface area contributed by atoms with Crippen LogP contribution in [0.1, 0.15) is 43.1 Å². The molecular formula is C13H21N3O3. The molecule has 1 aliphatic heterocycles. The van der Waals surface area contributed by atoms with Gasteiger partial charge in [-0.05, 0) is 32.7 Å². The van der Waals surface area contributed by atoms with E-state index in [0.29, 0.717) is 6.04 Å². The van der Waals surface area contributed by atoms with Crippen molar-refractivity contribution in [2.45, 2.75) is 38.6 Å². The van der Waals surface area contributed by atoms with Crippen molar-refractivity contribution in [3.05, 3.63) is 12.0 Å². The molecule has 1 unspecified atom stereocenters. The van der Waals surface area contributed by atoms with Crippen LogP contribution >= 0.6 is 0 Å². The van der Waals surface area contributed by atoms with E-state index in [2.05, 4.69) is 22.1 Å². The maximum atomic E-state index is 10.6. The van der Waals surface area contributed by atoms with Crippen LogP contribution in [0.15, 0.2) is 10.7 Å². The number of carboxylic acid groups (broad SMARTS) is 1. The highest BCUT2D eigenvalue weighted by Gasteiger charge is 2.17. The molecule has 2 N–H and O–H groups in total. The maximum Gasteiger partial charge on any atom is 0.357 e. The van der Waals surface area contributed by atoms with Crippen molar-refractivity contribution in [3.8, 4) is 0 Å². The molecule has 106 valence electrons. The van der Waals surface area contributed by atoms with Gasteiger partial charge in [0.1, 0.15) is 6.26 Å². The van der Waals surface area contributed by atoms with Crippen LogP contribution < -0.4 is 5.32 Å². The largest absolute Gasteiger partial charge is 0.476 e. The molecule has 6 nitrogen and oxygen atoms in total. The monoisotopic (exact) mass is 267 g/mol. The molecule has 1 aromatic heterocycles.